The number of benzene rings is 2. The molecule has 1 aliphatic carbocycles. The Morgan fingerprint density at radius 2 is 1.93 bits per heavy atom. The zero-order valence-electron chi connectivity index (χ0n) is 30.6. The second-order valence-corrected chi connectivity index (χ2v) is 14.9. The van der Waals surface area contributed by atoms with E-state index in [4.69, 9.17) is 19.3 Å². The standard InChI is InChI=1S/C40H46N8O6/c1-25(2)53-36-20-33-28(19-32(36)39(50)43-34-21-42-47-15-3-14-41-38(34)47)23-48(45-33)29-8-4-27(5-9-29)22-46-16-17-52-24-30(46)18-26-6-10-31(11-7-26)54-35-12-13-37(49)44-40(35)51/h3,6-7,10-11,14-15,19-21,23,25,27,29-30,35H,4-5,8-9,12-13,16-18,22,24H2,1-2H3,(H,43,50)(H,44,49,51)/t27?,29?,30-,35?/m0/s1. The van der Waals surface area contributed by atoms with Crippen LogP contribution in [0.1, 0.15) is 74.3 Å². The van der Waals surface area contributed by atoms with Crippen LogP contribution in [-0.2, 0) is 20.7 Å². The molecule has 1 saturated carbocycles. The van der Waals surface area contributed by atoms with Gasteiger partial charge in [-0.25, -0.2) is 9.50 Å². The largest absolute Gasteiger partial charge is 0.490 e. The van der Waals surface area contributed by atoms with Gasteiger partial charge in [-0.05, 0) is 81.7 Å². The van der Waals surface area contributed by atoms with E-state index < -0.39 is 6.10 Å². The van der Waals surface area contributed by atoms with E-state index in [1.807, 2.05) is 38.1 Å². The fourth-order valence-corrected chi connectivity index (χ4v) is 7.86. The highest BCUT2D eigenvalue weighted by atomic mass is 16.5. The molecule has 5 aromatic rings. The first-order valence-electron chi connectivity index (χ1n) is 19.0. The molecule has 3 fully saturated rings. The molecule has 2 atom stereocenters. The lowest BCUT2D eigenvalue weighted by atomic mass is 9.85. The van der Waals surface area contributed by atoms with Crippen molar-refractivity contribution in [2.45, 2.75) is 83.1 Å². The highest BCUT2D eigenvalue weighted by molar-refractivity contribution is 6.09. The number of nitrogens with one attached hydrogen (secondary N) is 2. The molecular formula is C40H46N8O6. The van der Waals surface area contributed by atoms with Crippen LogP contribution in [-0.4, -0.2) is 91.6 Å². The maximum absolute atomic E-state index is 13.6. The molecule has 0 bridgehead atoms. The molecule has 14 nitrogen and oxygen atoms in total. The second kappa shape index (κ2) is 15.6. The second-order valence-electron chi connectivity index (χ2n) is 14.9. The van der Waals surface area contributed by atoms with Crippen LogP contribution in [0.5, 0.6) is 11.5 Å². The number of aromatic nitrogens is 5. The summed E-state index contributed by atoms with van der Waals surface area (Å²) in [6, 6.07) is 14.0. The van der Waals surface area contributed by atoms with Crippen LogP contribution in [0, 0.1) is 5.92 Å². The Kier molecular flexibility index (Phi) is 10.3. The van der Waals surface area contributed by atoms with Crippen LogP contribution in [0.4, 0.5) is 5.69 Å². The number of amides is 3. The number of morpholine rings is 1. The number of nitrogens with zero attached hydrogens (tertiary/aromatic N) is 6. The highest BCUT2D eigenvalue weighted by Gasteiger charge is 2.31. The number of hydrogen-bond donors (Lipinski definition) is 2. The van der Waals surface area contributed by atoms with Crippen molar-refractivity contribution in [2.75, 3.05) is 31.6 Å². The molecule has 2 saturated heterocycles. The molecule has 3 aromatic heterocycles. The smallest absolute Gasteiger partial charge is 0.267 e. The van der Waals surface area contributed by atoms with Gasteiger partial charge in [0.1, 0.15) is 17.2 Å². The summed E-state index contributed by atoms with van der Waals surface area (Å²) in [7, 11) is 0. The Morgan fingerprint density at radius 3 is 2.72 bits per heavy atom. The number of hydrogen-bond acceptors (Lipinski definition) is 10. The average molecular weight is 735 g/mol. The summed E-state index contributed by atoms with van der Waals surface area (Å²) in [5.74, 6) is 0.784. The van der Waals surface area contributed by atoms with E-state index in [1.54, 1.807) is 29.2 Å². The Labute approximate surface area is 313 Å². The van der Waals surface area contributed by atoms with Gasteiger partial charge < -0.3 is 19.5 Å². The van der Waals surface area contributed by atoms with E-state index >= 15 is 0 Å². The third-order valence-corrected chi connectivity index (χ3v) is 10.7. The monoisotopic (exact) mass is 734 g/mol. The van der Waals surface area contributed by atoms with Crippen molar-refractivity contribution in [1.29, 1.82) is 0 Å². The Bertz CT molecular complexity index is 2140. The van der Waals surface area contributed by atoms with Crippen molar-refractivity contribution in [1.82, 2.24) is 34.6 Å². The first-order valence-corrected chi connectivity index (χ1v) is 19.0. The van der Waals surface area contributed by atoms with E-state index in [-0.39, 0.29) is 42.3 Å². The zero-order valence-corrected chi connectivity index (χ0v) is 30.6. The van der Waals surface area contributed by atoms with Crippen LogP contribution in [0.15, 0.2) is 67.3 Å². The fourth-order valence-electron chi connectivity index (χ4n) is 7.86. The summed E-state index contributed by atoms with van der Waals surface area (Å²) >= 11 is 0. The van der Waals surface area contributed by atoms with Crippen molar-refractivity contribution in [3.05, 3.63) is 78.4 Å². The quantitative estimate of drug-likeness (QED) is 0.178. The molecule has 3 amide bonds. The topological polar surface area (TPSA) is 154 Å². The molecule has 282 valence electrons. The summed E-state index contributed by atoms with van der Waals surface area (Å²) in [6.45, 7) is 7.27. The molecular weight excluding hydrogens is 688 g/mol. The Hall–Kier alpha value is -5.34. The molecule has 2 aliphatic heterocycles. The molecule has 3 aliphatic rings. The summed E-state index contributed by atoms with van der Waals surface area (Å²) in [4.78, 5) is 44.1. The van der Waals surface area contributed by atoms with Crippen molar-refractivity contribution < 1.29 is 28.6 Å². The minimum atomic E-state index is -0.643. The summed E-state index contributed by atoms with van der Waals surface area (Å²) in [6.07, 6.45) is 12.2. The molecule has 2 N–H and O–H groups in total. The van der Waals surface area contributed by atoms with Crippen LogP contribution < -0.4 is 20.1 Å². The molecule has 8 rings (SSSR count). The van der Waals surface area contributed by atoms with Gasteiger partial charge in [0.2, 0.25) is 5.91 Å². The van der Waals surface area contributed by atoms with Gasteiger partial charge in [0.25, 0.3) is 11.8 Å². The van der Waals surface area contributed by atoms with Gasteiger partial charge in [0.05, 0.1) is 42.6 Å². The van der Waals surface area contributed by atoms with E-state index in [9.17, 15) is 14.4 Å². The van der Waals surface area contributed by atoms with Crippen LogP contribution >= 0.6 is 0 Å². The van der Waals surface area contributed by atoms with Crippen LogP contribution in [0.3, 0.4) is 0 Å². The van der Waals surface area contributed by atoms with E-state index in [1.165, 1.54) is 5.56 Å². The normalized spacial score (nSPS) is 22.4. The lowest BCUT2D eigenvalue weighted by Crippen LogP contribution is -2.48. The molecule has 0 spiro atoms. The average Bonchev–Trinajstić information content (AvgIpc) is 3.78. The van der Waals surface area contributed by atoms with Gasteiger partial charge in [-0.3, -0.25) is 29.3 Å². The van der Waals surface area contributed by atoms with Crippen LogP contribution in [0.25, 0.3) is 16.6 Å². The van der Waals surface area contributed by atoms with Crippen LogP contribution in [0.2, 0.25) is 0 Å². The van der Waals surface area contributed by atoms with E-state index in [2.05, 4.69) is 48.6 Å². The third kappa shape index (κ3) is 7.94. The summed E-state index contributed by atoms with van der Waals surface area (Å²) in [5, 5.41) is 15.5. The van der Waals surface area contributed by atoms with Gasteiger partial charge in [0.15, 0.2) is 11.8 Å². The predicted molar refractivity (Wildman–Crippen MR) is 201 cm³/mol. The van der Waals surface area contributed by atoms with E-state index in [0.717, 1.165) is 62.7 Å². The SMILES string of the molecule is CC(C)Oc1cc2nn(C3CCC(CN4CCOC[C@@H]4Cc4ccc(OC5CCC(=O)NC5=O)cc4)CC3)cc2cc1C(=O)Nc1cnn2cccnc12. The predicted octanol–water partition coefficient (Wildman–Crippen LogP) is 4.98. The lowest BCUT2D eigenvalue weighted by molar-refractivity contribution is -0.138. The molecule has 1 unspecified atom stereocenters. The first kappa shape index (κ1) is 35.7. The van der Waals surface area contributed by atoms with Gasteiger partial charge in [-0.15, -0.1) is 0 Å². The zero-order chi connectivity index (χ0) is 37.2. The molecule has 2 aromatic carbocycles. The molecule has 0 radical (unpaired) electrons. The minimum absolute atomic E-state index is 0.122. The number of anilines is 1. The Balaban J connectivity index is 0.885. The lowest BCUT2D eigenvalue weighted by Gasteiger charge is -2.39. The maximum Gasteiger partial charge on any atom is 0.267 e. The molecule has 5 heterocycles. The third-order valence-electron chi connectivity index (χ3n) is 10.7. The molecule has 54 heavy (non-hydrogen) atoms. The first-order chi connectivity index (χ1) is 26.3. The van der Waals surface area contributed by atoms with E-state index in [0.29, 0.717) is 47.3 Å². The van der Waals surface area contributed by atoms with Gasteiger partial charge in [-0.1, -0.05) is 12.1 Å². The van der Waals surface area contributed by atoms with Crippen molar-refractivity contribution in [3.63, 3.8) is 0 Å². The molecule has 14 heteroatoms. The number of fused-ring (bicyclic) bond motifs is 2. The minimum Gasteiger partial charge on any atom is -0.490 e. The number of piperidine rings is 1. The Morgan fingerprint density at radius 1 is 1.09 bits per heavy atom. The van der Waals surface area contributed by atoms with Crippen molar-refractivity contribution in [3.8, 4) is 11.5 Å². The maximum atomic E-state index is 13.6. The number of carbonyl (C=O) groups excluding carboxylic acids is 3. The van der Waals surface area contributed by atoms with Crippen molar-refractivity contribution in [2.24, 2.45) is 5.92 Å². The number of ether oxygens (including phenoxy) is 3. The van der Waals surface area contributed by atoms with Gasteiger partial charge >= 0.3 is 0 Å². The highest BCUT2D eigenvalue weighted by Crippen LogP contribution is 2.35. The van der Waals surface area contributed by atoms with Gasteiger partial charge in [-0.2, -0.15) is 10.2 Å². The number of carbonyl (C=O) groups is 3. The van der Waals surface area contributed by atoms with Gasteiger partial charge in [0, 0.05) is 62.0 Å². The number of imide groups is 1. The summed E-state index contributed by atoms with van der Waals surface area (Å²) < 4.78 is 21.6. The fraction of sp³-hybridized carbons (Fsp3) is 0.450. The number of rotatable bonds is 11. The van der Waals surface area contributed by atoms with Crippen molar-refractivity contribution >= 4 is 40.0 Å². The summed E-state index contributed by atoms with van der Waals surface area (Å²) in [5.41, 5.74) is 3.52.